The van der Waals surface area contributed by atoms with E-state index in [0.29, 0.717) is 6.04 Å². The predicted molar refractivity (Wildman–Crippen MR) is 86.4 cm³/mol. The van der Waals surface area contributed by atoms with E-state index in [4.69, 9.17) is 4.74 Å². The number of amides is 1. The third-order valence-electron chi connectivity index (χ3n) is 3.18. The van der Waals surface area contributed by atoms with Crippen molar-refractivity contribution in [3.05, 3.63) is 0 Å². The molecule has 4 nitrogen and oxygen atoms in total. The Bertz CT molecular complexity index is 286. The van der Waals surface area contributed by atoms with Gasteiger partial charge in [0.25, 0.3) is 0 Å². The molecule has 0 saturated carbocycles. The highest BCUT2D eigenvalue weighted by Crippen LogP contribution is 2.16. The van der Waals surface area contributed by atoms with E-state index in [0.717, 1.165) is 26.1 Å². The summed E-state index contributed by atoms with van der Waals surface area (Å²) >= 11 is 2.03. The SMILES string of the molecule is CCCN(CCNC1CCSCC1)C(=O)OC(C)(C)C. The second kappa shape index (κ2) is 8.78. The third kappa shape index (κ3) is 7.39. The summed E-state index contributed by atoms with van der Waals surface area (Å²) in [6.07, 6.45) is 3.25. The van der Waals surface area contributed by atoms with E-state index in [1.807, 2.05) is 37.4 Å². The maximum absolute atomic E-state index is 12.1. The van der Waals surface area contributed by atoms with Crippen molar-refractivity contribution < 1.29 is 9.53 Å². The molecule has 1 aliphatic rings. The summed E-state index contributed by atoms with van der Waals surface area (Å²) < 4.78 is 5.45. The van der Waals surface area contributed by atoms with Gasteiger partial charge in [-0.05, 0) is 51.5 Å². The van der Waals surface area contributed by atoms with E-state index in [1.165, 1.54) is 24.3 Å². The zero-order chi connectivity index (χ0) is 15.0. The zero-order valence-electron chi connectivity index (χ0n) is 13.4. The molecule has 20 heavy (non-hydrogen) atoms. The fourth-order valence-corrected chi connectivity index (χ4v) is 3.30. The van der Waals surface area contributed by atoms with Gasteiger partial charge >= 0.3 is 6.09 Å². The van der Waals surface area contributed by atoms with Crippen molar-refractivity contribution in [2.75, 3.05) is 31.1 Å². The van der Waals surface area contributed by atoms with Crippen molar-refractivity contribution in [2.45, 2.75) is 58.6 Å². The standard InChI is InChI=1S/C15H30N2O2S/c1-5-9-17(14(18)19-15(2,3)4)10-8-16-13-6-11-20-12-7-13/h13,16H,5-12H2,1-4H3. The minimum absolute atomic E-state index is 0.194. The topological polar surface area (TPSA) is 41.6 Å². The lowest BCUT2D eigenvalue weighted by Crippen LogP contribution is -2.43. The Balaban J connectivity index is 2.32. The van der Waals surface area contributed by atoms with Gasteiger partial charge in [0.15, 0.2) is 0 Å². The number of rotatable bonds is 6. The van der Waals surface area contributed by atoms with E-state index < -0.39 is 5.60 Å². The van der Waals surface area contributed by atoms with Crippen molar-refractivity contribution in [3.8, 4) is 0 Å². The fraction of sp³-hybridized carbons (Fsp3) is 0.933. The number of carbonyl (C=O) groups is 1. The van der Waals surface area contributed by atoms with Crippen LogP contribution in [0.25, 0.3) is 0 Å². The predicted octanol–water partition coefficient (Wildman–Crippen LogP) is 3.12. The highest BCUT2D eigenvalue weighted by atomic mass is 32.2. The second-order valence-corrected chi connectivity index (χ2v) is 7.53. The Hall–Kier alpha value is -0.420. The van der Waals surface area contributed by atoms with E-state index in [2.05, 4.69) is 12.2 Å². The summed E-state index contributed by atoms with van der Waals surface area (Å²) in [5.74, 6) is 2.50. The lowest BCUT2D eigenvalue weighted by Gasteiger charge is -2.28. The van der Waals surface area contributed by atoms with E-state index >= 15 is 0 Å². The van der Waals surface area contributed by atoms with Crippen LogP contribution in [0.3, 0.4) is 0 Å². The molecule has 1 amide bonds. The third-order valence-corrected chi connectivity index (χ3v) is 4.23. The summed E-state index contributed by atoms with van der Waals surface area (Å²) in [5, 5.41) is 3.57. The highest BCUT2D eigenvalue weighted by molar-refractivity contribution is 7.99. The molecule has 0 aromatic rings. The van der Waals surface area contributed by atoms with Gasteiger partial charge in [-0.2, -0.15) is 11.8 Å². The average Bonchev–Trinajstić information content (AvgIpc) is 2.37. The number of hydrogen-bond donors (Lipinski definition) is 1. The Morgan fingerprint density at radius 3 is 2.50 bits per heavy atom. The van der Waals surface area contributed by atoms with Crippen LogP contribution < -0.4 is 5.32 Å². The first-order valence-corrected chi connectivity index (χ1v) is 8.87. The molecule has 1 heterocycles. The molecular formula is C15H30N2O2S. The molecule has 0 aliphatic carbocycles. The zero-order valence-corrected chi connectivity index (χ0v) is 14.2. The molecule has 0 aromatic heterocycles. The smallest absolute Gasteiger partial charge is 0.410 e. The number of carbonyl (C=O) groups excluding carboxylic acids is 1. The Kier molecular flexibility index (Phi) is 7.74. The molecule has 0 bridgehead atoms. The first-order chi connectivity index (χ1) is 9.42. The summed E-state index contributed by atoms with van der Waals surface area (Å²) in [6.45, 7) is 10.2. The van der Waals surface area contributed by atoms with Gasteiger partial charge in [-0.1, -0.05) is 6.92 Å². The molecule has 0 unspecified atom stereocenters. The van der Waals surface area contributed by atoms with Crippen molar-refractivity contribution in [3.63, 3.8) is 0 Å². The molecular weight excluding hydrogens is 272 g/mol. The van der Waals surface area contributed by atoms with Crippen LogP contribution in [0, 0.1) is 0 Å². The lowest BCUT2D eigenvalue weighted by molar-refractivity contribution is 0.0250. The average molecular weight is 302 g/mol. The summed E-state index contributed by atoms with van der Waals surface area (Å²) in [4.78, 5) is 13.9. The molecule has 1 fully saturated rings. The normalized spacial score (nSPS) is 17.0. The first-order valence-electron chi connectivity index (χ1n) is 7.71. The molecule has 1 N–H and O–H groups in total. The van der Waals surface area contributed by atoms with Crippen molar-refractivity contribution in [1.82, 2.24) is 10.2 Å². The molecule has 0 atom stereocenters. The number of nitrogens with one attached hydrogen (secondary N) is 1. The summed E-state index contributed by atoms with van der Waals surface area (Å²) in [5.41, 5.74) is -0.420. The van der Waals surface area contributed by atoms with Crippen LogP contribution in [0.5, 0.6) is 0 Å². The van der Waals surface area contributed by atoms with Crippen LogP contribution >= 0.6 is 11.8 Å². The van der Waals surface area contributed by atoms with Crippen LogP contribution in [0.15, 0.2) is 0 Å². The quantitative estimate of drug-likeness (QED) is 0.818. The monoisotopic (exact) mass is 302 g/mol. The van der Waals surface area contributed by atoms with Gasteiger partial charge < -0.3 is 15.0 Å². The molecule has 0 radical (unpaired) electrons. The number of thioether (sulfide) groups is 1. The second-order valence-electron chi connectivity index (χ2n) is 6.31. The van der Waals surface area contributed by atoms with Gasteiger partial charge in [-0.3, -0.25) is 0 Å². The maximum Gasteiger partial charge on any atom is 0.410 e. The van der Waals surface area contributed by atoms with E-state index in [1.54, 1.807) is 0 Å². The number of hydrogen-bond acceptors (Lipinski definition) is 4. The highest BCUT2D eigenvalue weighted by Gasteiger charge is 2.21. The van der Waals surface area contributed by atoms with Gasteiger partial charge in [0, 0.05) is 25.7 Å². The van der Waals surface area contributed by atoms with Crippen LogP contribution in [0.1, 0.15) is 47.0 Å². The van der Waals surface area contributed by atoms with Gasteiger partial charge in [-0.25, -0.2) is 4.79 Å². The van der Waals surface area contributed by atoms with Crippen LogP contribution in [0.4, 0.5) is 4.79 Å². The molecule has 118 valence electrons. The van der Waals surface area contributed by atoms with Gasteiger partial charge in [0.1, 0.15) is 5.60 Å². The van der Waals surface area contributed by atoms with Crippen LogP contribution in [-0.2, 0) is 4.74 Å². The minimum atomic E-state index is -0.420. The Labute approximate surface area is 128 Å². The van der Waals surface area contributed by atoms with Gasteiger partial charge in [0.2, 0.25) is 0 Å². The van der Waals surface area contributed by atoms with Gasteiger partial charge in [-0.15, -0.1) is 0 Å². The largest absolute Gasteiger partial charge is 0.444 e. The van der Waals surface area contributed by atoms with Crippen molar-refractivity contribution in [1.29, 1.82) is 0 Å². The first kappa shape index (κ1) is 17.6. The Morgan fingerprint density at radius 1 is 1.30 bits per heavy atom. The molecule has 1 rings (SSSR count). The molecule has 5 heteroatoms. The molecule has 1 saturated heterocycles. The van der Waals surface area contributed by atoms with E-state index in [-0.39, 0.29) is 6.09 Å². The number of ether oxygens (including phenoxy) is 1. The lowest BCUT2D eigenvalue weighted by atomic mass is 10.1. The van der Waals surface area contributed by atoms with Crippen molar-refractivity contribution >= 4 is 17.9 Å². The fourth-order valence-electron chi connectivity index (χ4n) is 2.20. The molecule has 0 aromatic carbocycles. The van der Waals surface area contributed by atoms with Crippen LogP contribution in [0.2, 0.25) is 0 Å². The maximum atomic E-state index is 12.1. The molecule has 0 spiro atoms. The number of nitrogens with zero attached hydrogens (tertiary/aromatic N) is 1. The Morgan fingerprint density at radius 2 is 1.95 bits per heavy atom. The van der Waals surface area contributed by atoms with Crippen LogP contribution in [-0.4, -0.2) is 53.8 Å². The van der Waals surface area contributed by atoms with Crippen molar-refractivity contribution in [2.24, 2.45) is 0 Å². The van der Waals surface area contributed by atoms with Gasteiger partial charge in [0.05, 0.1) is 0 Å². The summed E-state index contributed by atoms with van der Waals surface area (Å²) in [6, 6.07) is 0.623. The summed E-state index contributed by atoms with van der Waals surface area (Å²) in [7, 11) is 0. The molecule has 1 aliphatic heterocycles. The van der Waals surface area contributed by atoms with E-state index in [9.17, 15) is 4.79 Å². The minimum Gasteiger partial charge on any atom is -0.444 e.